The quantitative estimate of drug-likeness (QED) is 0.461. The second-order valence-corrected chi connectivity index (χ2v) is 6.18. The van der Waals surface area contributed by atoms with E-state index in [0.717, 1.165) is 33.0 Å². The van der Waals surface area contributed by atoms with E-state index in [4.69, 9.17) is 8.83 Å². The highest BCUT2D eigenvalue weighted by Gasteiger charge is 2.20. The molecule has 0 amide bonds. The molecule has 122 valence electrons. The molecule has 4 heteroatoms. The van der Waals surface area contributed by atoms with Crippen LogP contribution in [0.1, 0.15) is 22.5 Å². The van der Waals surface area contributed by atoms with E-state index >= 15 is 0 Å². The molecule has 0 saturated heterocycles. The Morgan fingerprint density at radius 2 is 1.56 bits per heavy atom. The van der Waals surface area contributed by atoms with Crippen molar-refractivity contribution in [3.05, 3.63) is 69.3 Å². The van der Waals surface area contributed by atoms with Gasteiger partial charge < -0.3 is 8.83 Å². The van der Waals surface area contributed by atoms with Crippen molar-refractivity contribution in [3.8, 4) is 17.2 Å². The molecule has 0 aliphatic rings. The van der Waals surface area contributed by atoms with E-state index < -0.39 is 0 Å². The fourth-order valence-electron chi connectivity index (χ4n) is 3.37. The van der Waals surface area contributed by atoms with Gasteiger partial charge in [-0.25, -0.2) is 4.79 Å². The zero-order valence-electron chi connectivity index (χ0n) is 14.1. The van der Waals surface area contributed by atoms with Crippen LogP contribution in [0.2, 0.25) is 0 Å². The van der Waals surface area contributed by atoms with Crippen molar-refractivity contribution >= 4 is 21.9 Å². The Hall–Kier alpha value is -3.32. The maximum Gasteiger partial charge on any atom is 0.339 e. The Bertz CT molecular complexity index is 1240. The van der Waals surface area contributed by atoms with Crippen molar-refractivity contribution < 1.29 is 8.83 Å². The number of nitrogens with zero attached hydrogens (tertiary/aromatic N) is 1. The van der Waals surface area contributed by atoms with Gasteiger partial charge in [0.15, 0.2) is 0 Å². The fourth-order valence-corrected chi connectivity index (χ4v) is 3.37. The second kappa shape index (κ2) is 5.35. The Morgan fingerprint density at radius 3 is 2.24 bits per heavy atom. The lowest BCUT2D eigenvalue weighted by molar-refractivity contribution is 0.550. The minimum atomic E-state index is -0.363. The van der Waals surface area contributed by atoms with Gasteiger partial charge in [0.2, 0.25) is 5.76 Å². The first-order valence-corrected chi connectivity index (χ1v) is 7.98. The van der Waals surface area contributed by atoms with E-state index in [1.807, 2.05) is 50.2 Å². The normalized spacial score (nSPS) is 11.1. The van der Waals surface area contributed by atoms with Crippen LogP contribution in [0.3, 0.4) is 0 Å². The summed E-state index contributed by atoms with van der Waals surface area (Å²) in [6.45, 7) is 5.49. The van der Waals surface area contributed by atoms with Crippen molar-refractivity contribution in [2.75, 3.05) is 0 Å². The lowest BCUT2D eigenvalue weighted by Crippen LogP contribution is -2.06. The van der Waals surface area contributed by atoms with Crippen molar-refractivity contribution in [2.45, 2.75) is 20.8 Å². The molecule has 0 saturated carbocycles. The van der Waals surface area contributed by atoms with Gasteiger partial charge in [-0.3, -0.25) is 0 Å². The molecule has 0 aliphatic heterocycles. The zero-order valence-corrected chi connectivity index (χ0v) is 14.1. The van der Waals surface area contributed by atoms with Crippen molar-refractivity contribution in [2.24, 2.45) is 0 Å². The van der Waals surface area contributed by atoms with Crippen LogP contribution >= 0.6 is 0 Å². The van der Waals surface area contributed by atoms with Gasteiger partial charge in [0, 0.05) is 33.0 Å². The summed E-state index contributed by atoms with van der Waals surface area (Å²) in [6.07, 6.45) is 0. The molecule has 0 aliphatic carbocycles. The molecule has 0 unspecified atom stereocenters. The molecule has 0 radical (unpaired) electrons. The summed E-state index contributed by atoms with van der Waals surface area (Å²) < 4.78 is 11.3. The van der Waals surface area contributed by atoms with Crippen LogP contribution in [0.15, 0.2) is 50.0 Å². The fraction of sp³-hybridized carbons (Fsp3) is 0.143. The largest absolute Gasteiger partial charge is 0.445 e. The molecule has 2 heterocycles. The molecular weight excluding hydrogens is 314 g/mol. The third kappa shape index (κ3) is 2.10. The minimum absolute atomic E-state index is 0.286. The number of benzene rings is 2. The predicted molar refractivity (Wildman–Crippen MR) is 96.6 cm³/mol. The highest BCUT2D eigenvalue weighted by Crippen LogP contribution is 2.37. The van der Waals surface area contributed by atoms with E-state index in [0.29, 0.717) is 16.7 Å². The second-order valence-electron chi connectivity index (χ2n) is 6.18. The lowest BCUT2D eigenvalue weighted by atomic mass is 9.95. The lowest BCUT2D eigenvalue weighted by Gasteiger charge is -2.11. The first-order chi connectivity index (χ1) is 12.0. The number of aryl methyl sites for hydroxylation is 2. The summed E-state index contributed by atoms with van der Waals surface area (Å²) in [6, 6.07) is 13.8. The molecule has 0 fully saturated rings. The van der Waals surface area contributed by atoms with E-state index in [2.05, 4.69) is 6.07 Å². The zero-order chi connectivity index (χ0) is 17.7. The maximum atomic E-state index is 12.4. The first kappa shape index (κ1) is 15.2. The van der Waals surface area contributed by atoms with Gasteiger partial charge in [0.1, 0.15) is 17.2 Å². The van der Waals surface area contributed by atoms with E-state index in [-0.39, 0.29) is 11.4 Å². The van der Waals surface area contributed by atoms with Gasteiger partial charge in [-0.15, -0.1) is 0 Å². The van der Waals surface area contributed by atoms with Crippen LogP contribution in [0.25, 0.3) is 33.1 Å². The number of furan rings is 1. The SMILES string of the molecule is Cc1c(-c2ccccc2)c2cc3c(C)c(C#N)oc3c(C)c2oc1=O. The standard InChI is InChI=1S/C21H15NO3/c1-11-15-9-16-18(14-7-5-4-6-8-14)12(2)21(23)25-20(16)13(3)19(15)24-17(11)10-22/h4-9H,1-3H3. The molecule has 0 spiro atoms. The molecule has 4 nitrogen and oxygen atoms in total. The van der Waals surface area contributed by atoms with E-state index in [1.54, 1.807) is 6.92 Å². The number of hydrogen-bond acceptors (Lipinski definition) is 4. The molecule has 2 aromatic heterocycles. The highest BCUT2D eigenvalue weighted by molar-refractivity contribution is 6.05. The van der Waals surface area contributed by atoms with Crippen LogP contribution in [0, 0.1) is 32.1 Å². The first-order valence-electron chi connectivity index (χ1n) is 7.98. The number of rotatable bonds is 1. The van der Waals surface area contributed by atoms with Crippen molar-refractivity contribution in [1.29, 1.82) is 5.26 Å². The van der Waals surface area contributed by atoms with Gasteiger partial charge in [-0.2, -0.15) is 5.26 Å². The van der Waals surface area contributed by atoms with Crippen molar-refractivity contribution in [3.63, 3.8) is 0 Å². The summed E-state index contributed by atoms with van der Waals surface area (Å²) in [5, 5.41) is 11.0. The molecule has 25 heavy (non-hydrogen) atoms. The van der Waals surface area contributed by atoms with E-state index in [1.165, 1.54) is 0 Å². The molecule has 0 N–H and O–H groups in total. The Morgan fingerprint density at radius 1 is 0.880 bits per heavy atom. The van der Waals surface area contributed by atoms with Gasteiger partial charge >= 0.3 is 5.63 Å². The van der Waals surface area contributed by atoms with Gasteiger partial charge in [-0.1, -0.05) is 30.3 Å². The predicted octanol–water partition coefficient (Wildman–Crippen LogP) is 5.00. The van der Waals surface area contributed by atoms with Gasteiger partial charge in [0.05, 0.1) is 0 Å². The highest BCUT2D eigenvalue weighted by atomic mass is 16.4. The monoisotopic (exact) mass is 329 g/mol. The smallest absolute Gasteiger partial charge is 0.339 e. The summed E-state index contributed by atoms with van der Waals surface area (Å²) in [5.41, 5.74) is 4.63. The third-order valence-electron chi connectivity index (χ3n) is 4.72. The van der Waals surface area contributed by atoms with E-state index in [9.17, 15) is 10.1 Å². The molecule has 2 aromatic carbocycles. The molecule has 0 atom stereocenters. The summed E-state index contributed by atoms with van der Waals surface area (Å²) >= 11 is 0. The summed E-state index contributed by atoms with van der Waals surface area (Å²) in [4.78, 5) is 12.4. The number of hydrogen-bond donors (Lipinski definition) is 0. The molecule has 4 aromatic rings. The van der Waals surface area contributed by atoms with Gasteiger partial charge in [-0.05, 0) is 32.4 Å². The van der Waals surface area contributed by atoms with Crippen LogP contribution in [0.4, 0.5) is 0 Å². The van der Waals surface area contributed by atoms with Crippen LogP contribution in [0.5, 0.6) is 0 Å². The topological polar surface area (TPSA) is 67.1 Å². The average Bonchev–Trinajstić information content (AvgIpc) is 2.94. The van der Waals surface area contributed by atoms with Crippen LogP contribution < -0.4 is 5.63 Å². The molecule has 0 bridgehead atoms. The van der Waals surface area contributed by atoms with Crippen molar-refractivity contribution in [1.82, 2.24) is 0 Å². The average molecular weight is 329 g/mol. The minimum Gasteiger partial charge on any atom is -0.445 e. The van der Waals surface area contributed by atoms with Crippen LogP contribution in [-0.2, 0) is 0 Å². The Labute approximate surface area is 143 Å². The van der Waals surface area contributed by atoms with Gasteiger partial charge in [0.25, 0.3) is 0 Å². The third-order valence-corrected chi connectivity index (χ3v) is 4.72. The van der Waals surface area contributed by atoms with Crippen LogP contribution in [-0.4, -0.2) is 0 Å². The number of fused-ring (bicyclic) bond motifs is 2. The summed E-state index contributed by atoms with van der Waals surface area (Å²) in [5.74, 6) is 0.286. The maximum absolute atomic E-state index is 12.4. The Balaban J connectivity index is 2.26. The summed E-state index contributed by atoms with van der Waals surface area (Å²) in [7, 11) is 0. The molecular formula is C21H15NO3. The number of nitriles is 1. The molecule has 4 rings (SSSR count). The Kier molecular flexibility index (Phi) is 3.26.